The maximum absolute atomic E-state index is 9.45. The summed E-state index contributed by atoms with van der Waals surface area (Å²) in [5, 5.41) is 30.9. The van der Waals surface area contributed by atoms with Gasteiger partial charge < -0.3 is 15.3 Å². The summed E-state index contributed by atoms with van der Waals surface area (Å²) in [5.41, 5.74) is 0.709. The second-order valence-electron chi connectivity index (χ2n) is 2.58. The minimum absolute atomic E-state index is 0.109. The lowest BCUT2D eigenvalue weighted by molar-refractivity contribution is 0.00444. The Balaban J connectivity index is 2.53. The SMILES string of the molecule is OCCC(O)C(O)c1ccsc1. The normalized spacial score (nSPS) is 15.9. The van der Waals surface area contributed by atoms with Crippen LogP contribution < -0.4 is 0 Å². The molecule has 0 saturated carbocycles. The number of rotatable bonds is 4. The summed E-state index contributed by atoms with van der Waals surface area (Å²) in [6.07, 6.45) is -1.54. The molecule has 1 aromatic rings. The number of hydrogen-bond acceptors (Lipinski definition) is 4. The average Bonchev–Trinajstić information content (AvgIpc) is 2.55. The monoisotopic (exact) mass is 188 g/mol. The van der Waals surface area contributed by atoms with Crippen molar-refractivity contribution in [3.63, 3.8) is 0 Å². The van der Waals surface area contributed by atoms with Crippen LogP contribution in [0.25, 0.3) is 0 Å². The quantitative estimate of drug-likeness (QED) is 0.645. The number of aliphatic hydroxyl groups is 3. The Hall–Kier alpha value is -0.420. The third-order valence-electron chi connectivity index (χ3n) is 1.67. The van der Waals surface area contributed by atoms with Crippen LogP contribution in [0.1, 0.15) is 18.1 Å². The van der Waals surface area contributed by atoms with Crippen molar-refractivity contribution in [1.82, 2.24) is 0 Å². The Labute approximate surface area is 74.9 Å². The first-order valence-corrected chi connectivity index (χ1v) is 4.69. The summed E-state index contributed by atoms with van der Waals surface area (Å²) in [6, 6.07) is 1.76. The van der Waals surface area contributed by atoms with Gasteiger partial charge in [0, 0.05) is 6.61 Å². The van der Waals surface area contributed by atoms with Gasteiger partial charge >= 0.3 is 0 Å². The van der Waals surface area contributed by atoms with Gasteiger partial charge in [-0.15, -0.1) is 0 Å². The summed E-state index contributed by atoms with van der Waals surface area (Å²) in [4.78, 5) is 0. The molecule has 1 rings (SSSR count). The highest BCUT2D eigenvalue weighted by Gasteiger charge is 2.17. The molecule has 3 N–H and O–H groups in total. The molecule has 1 aromatic heterocycles. The van der Waals surface area contributed by atoms with Crippen LogP contribution in [0.15, 0.2) is 16.8 Å². The summed E-state index contributed by atoms with van der Waals surface area (Å²) < 4.78 is 0. The summed E-state index contributed by atoms with van der Waals surface area (Å²) in [5.74, 6) is 0. The average molecular weight is 188 g/mol. The second kappa shape index (κ2) is 4.57. The highest BCUT2D eigenvalue weighted by molar-refractivity contribution is 7.07. The van der Waals surface area contributed by atoms with Crippen molar-refractivity contribution >= 4 is 11.3 Å². The topological polar surface area (TPSA) is 60.7 Å². The van der Waals surface area contributed by atoms with E-state index in [-0.39, 0.29) is 13.0 Å². The maximum atomic E-state index is 9.45. The van der Waals surface area contributed by atoms with E-state index >= 15 is 0 Å². The van der Waals surface area contributed by atoms with Crippen molar-refractivity contribution in [3.8, 4) is 0 Å². The molecule has 3 nitrogen and oxygen atoms in total. The molecule has 12 heavy (non-hydrogen) atoms. The molecule has 0 radical (unpaired) electrons. The van der Waals surface area contributed by atoms with Crippen molar-refractivity contribution in [2.24, 2.45) is 0 Å². The zero-order valence-corrected chi connectivity index (χ0v) is 7.37. The predicted molar refractivity (Wildman–Crippen MR) is 47.0 cm³/mol. The third kappa shape index (κ3) is 2.28. The Morgan fingerprint density at radius 3 is 2.67 bits per heavy atom. The van der Waals surface area contributed by atoms with Gasteiger partial charge in [-0.1, -0.05) is 0 Å². The van der Waals surface area contributed by atoms with Crippen molar-refractivity contribution < 1.29 is 15.3 Å². The molecule has 0 amide bonds. The smallest absolute Gasteiger partial charge is 0.106 e. The first-order valence-electron chi connectivity index (χ1n) is 3.74. The van der Waals surface area contributed by atoms with Gasteiger partial charge in [-0.05, 0) is 28.8 Å². The Morgan fingerprint density at radius 2 is 2.17 bits per heavy atom. The van der Waals surface area contributed by atoms with Gasteiger partial charge in [0.2, 0.25) is 0 Å². The van der Waals surface area contributed by atoms with Gasteiger partial charge in [0.15, 0.2) is 0 Å². The first-order chi connectivity index (χ1) is 5.75. The number of thiophene rings is 1. The highest BCUT2D eigenvalue weighted by Crippen LogP contribution is 2.20. The zero-order valence-electron chi connectivity index (χ0n) is 6.55. The Morgan fingerprint density at radius 1 is 1.42 bits per heavy atom. The summed E-state index contributed by atoms with van der Waals surface area (Å²) in [6.45, 7) is -0.109. The first kappa shape index (κ1) is 9.67. The summed E-state index contributed by atoms with van der Waals surface area (Å²) in [7, 11) is 0. The van der Waals surface area contributed by atoms with Crippen LogP contribution in [0.3, 0.4) is 0 Å². The number of aliphatic hydroxyl groups excluding tert-OH is 3. The molecule has 0 bridgehead atoms. The molecule has 0 fully saturated rings. The van der Waals surface area contributed by atoms with E-state index in [1.54, 1.807) is 11.4 Å². The van der Waals surface area contributed by atoms with Gasteiger partial charge in [0.25, 0.3) is 0 Å². The zero-order chi connectivity index (χ0) is 8.97. The molecular weight excluding hydrogens is 176 g/mol. The van der Waals surface area contributed by atoms with E-state index in [0.29, 0.717) is 5.56 Å². The molecule has 68 valence electrons. The molecular formula is C8H12O3S. The maximum Gasteiger partial charge on any atom is 0.106 e. The van der Waals surface area contributed by atoms with Crippen molar-refractivity contribution in [1.29, 1.82) is 0 Å². The van der Waals surface area contributed by atoms with Crippen LogP contribution in [0.4, 0.5) is 0 Å². The van der Waals surface area contributed by atoms with Crippen LogP contribution in [0.5, 0.6) is 0 Å². The molecule has 0 aliphatic carbocycles. The minimum Gasteiger partial charge on any atom is -0.396 e. The third-order valence-corrected chi connectivity index (χ3v) is 2.38. The molecule has 2 atom stereocenters. The molecule has 0 aliphatic rings. The Kier molecular flexibility index (Phi) is 3.68. The van der Waals surface area contributed by atoms with Crippen LogP contribution >= 0.6 is 11.3 Å². The van der Waals surface area contributed by atoms with Crippen LogP contribution in [0, 0.1) is 0 Å². The van der Waals surface area contributed by atoms with Gasteiger partial charge in [0.1, 0.15) is 6.10 Å². The number of hydrogen-bond donors (Lipinski definition) is 3. The van der Waals surface area contributed by atoms with Crippen molar-refractivity contribution in [2.75, 3.05) is 6.61 Å². The lowest BCUT2D eigenvalue weighted by Crippen LogP contribution is -2.18. The van der Waals surface area contributed by atoms with E-state index in [4.69, 9.17) is 5.11 Å². The van der Waals surface area contributed by atoms with E-state index in [1.807, 2.05) is 5.38 Å². The molecule has 0 aromatic carbocycles. The second-order valence-corrected chi connectivity index (χ2v) is 3.36. The van der Waals surface area contributed by atoms with Gasteiger partial charge in [-0.2, -0.15) is 11.3 Å². The van der Waals surface area contributed by atoms with Crippen molar-refractivity contribution in [3.05, 3.63) is 22.4 Å². The lowest BCUT2D eigenvalue weighted by Gasteiger charge is -2.15. The molecule has 0 aliphatic heterocycles. The van der Waals surface area contributed by atoms with Crippen molar-refractivity contribution in [2.45, 2.75) is 18.6 Å². The molecule has 1 heterocycles. The van der Waals surface area contributed by atoms with E-state index < -0.39 is 12.2 Å². The Bertz CT molecular complexity index is 210. The lowest BCUT2D eigenvalue weighted by atomic mass is 10.1. The van der Waals surface area contributed by atoms with Crippen LogP contribution in [-0.2, 0) is 0 Å². The fourth-order valence-electron chi connectivity index (χ4n) is 0.956. The molecule has 2 unspecified atom stereocenters. The van der Waals surface area contributed by atoms with Crippen LogP contribution in [0.2, 0.25) is 0 Å². The van der Waals surface area contributed by atoms with E-state index in [2.05, 4.69) is 0 Å². The minimum atomic E-state index is -0.872. The largest absolute Gasteiger partial charge is 0.396 e. The van der Waals surface area contributed by atoms with E-state index in [9.17, 15) is 10.2 Å². The van der Waals surface area contributed by atoms with E-state index in [0.717, 1.165) is 0 Å². The summed E-state index contributed by atoms with van der Waals surface area (Å²) >= 11 is 1.47. The van der Waals surface area contributed by atoms with Crippen LogP contribution in [-0.4, -0.2) is 28.0 Å². The van der Waals surface area contributed by atoms with Gasteiger partial charge in [-0.3, -0.25) is 0 Å². The standard InChI is InChI=1S/C8H12O3S/c9-3-1-7(10)8(11)6-2-4-12-5-6/h2,4-5,7-11H,1,3H2. The fraction of sp³-hybridized carbons (Fsp3) is 0.500. The molecule has 4 heteroatoms. The predicted octanol–water partition coefficient (Wildman–Crippen LogP) is 0.525. The van der Waals surface area contributed by atoms with E-state index in [1.165, 1.54) is 11.3 Å². The fourth-order valence-corrected chi connectivity index (χ4v) is 1.64. The highest BCUT2D eigenvalue weighted by atomic mass is 32.1. The van der Waals surface area contributed by atoms with Gasteiger partial charge in [-0.25, -0.2) is 0 Å². The molecule has 0 spiro atoms. The molecule has 0 saturated heterocycles. The van der Waals surface area contributed by atoms with Gasteiger partial charge in [0.05, 0.1) is 6.10 Å².